The molecule has 96 valence electrons. The number of hydrogen-bond acceptors (Lipinski definition) is 1. The SMILES string of the molecule is CCC(CC(C)(C)C)N1CCC(F)(F)CC1. The largest absolute Gasteiger partial charge is 0.300 e. The van der Waals surface area contributed by atoms with E-state index in [1.54, 1.807) is 0 Å². The molecule has 1 atom stereocenters. The summed E-state index contributed by atoms with van der Waals surface area (Å²) in [5, 5.41) is 0. The van der Waals surface area contributed by atoms with E-state index < -0.39 is 5.92 Å². The molecule has 0 bridgehead atoms. The highest BCUT2D eigenvalue weighted by Gasteiger charge is 2.36. The summed E-state index contributed by atoms with van der Waals surface area (Å²) in [6.07, 6.45) is 2.22. The van der Waals surface area contributed by atoms with E-state index >= 15 is 0 Å². The Labute approximate surface area is 98.2 Å². The average Bonchev–Trinajstić information content (AvgIpc) is 2.13. The average molecular weight is 233 g/mol. The molecule has 1 aliphatic rings. The van der Waals surface area contributed by atoms with Crippen LogP contribution in [0.1, 0.15) is 53.4 Å². The molecule has 0 spiro atoms. The molecule has 3 heteroatoms. The molecule has 1 rings (SSSR count). The summed E-state index contributed by atoms with van der Waals surface area (Å²) < 4.78 is 26.1. The summed E-state index contributed by atoms with van der Waals surface area (Å²) in [4.78, 5) is 2.25. The zero-order valence-electron chi connectivity index (χ0n) is 11.0. The fourth-order valence-corrected chi connectivity index (χ4v) is 2.45. The lowest BCUT2D eigenvalue weighted by molar-refractivity contribution is -0.0659. The molecule has 1 saturated heterocycles. The van der Waals surface area contributed by atoms with Gasteiger partial charge in [0, 0.05) is 32.0 Å². The van der Waals surface area contributed by atoms with Crippen LogP contribution in [0.4, 0.5) is 8.78 Å². The number of halogens is 2. The van der Waals surface area contributed by atoms with Gasteiger partial charge in [-0.05, 0) is 18.3 Å². The maximum absolute atomic E-state index is 13.1. The van der Waals surface area contributed by atoms with Gasteiger partial charge in [0.1, 0.15) is 0 Å². The van der Waals surface area contributed by atoms with Crippen molar-refractivity contribution >= 4 is 0 Å². The Morgan fingerprint density at radius 3 is 2.06 bits per heavy atom. The van der Waals surface area contributed by atoms with Crippen LogP contribution in [-0.4, -0.2) is 30.0 Å². The molecule has 0 N–H and O–H groups in total. The molecule has 0 amide bonds. The van der Waals surface area contributed by atoms with Gasteiger partial charge in [-0.2, -0.15) is 0 Å². The highest BCUT2D eigenvalue weighted by atomic mass is 19.3. The van der Waals surface area contributed by atoms with Crippen molar-refractivity contribution in [1.82, 2.24) is 4.90 Å². The first-order valence-electron chi connectivity index (χ1n) is 6.35. The van der Waals surface area contributed by atoms with Gasteiger partial charge in [-0.15, -0.1) is 0 Å². The summed E-state index contributed by atoms with van der Waals surface area (Å²) in [7, 11) is 0. The molecular formula is C13H25F2N. The third kappa shape index (κ3) is 4.36. The number of hydrogen-bond donors (Lipinski definition) is 0. The normalized spacial score (nSPS) is 24.4. The lowest BCUT2D eigenvalue weighted by Gasteiger charge is -2.39. The number of piperidine rings is 1. The van der Waals surface area contributed by atoms with Gasteiger partial charge in [0.2, 0.25) is 0 Å². The molecule has 0 aromatic heterocycles. The number of likely N-dealkylation sites (tertiary alicyclic amines) is 1. The Balaban J connectivity index is 2.49. The molecule has 0 radical (unpaired) electrons. The second kappa shape index (κ2) is 4.99. The zero-order valence-corrected chi connectivity index (χ0v) is 11.0. The number of nitrogens with zero attached hydrogens (tertiary/aromatic N) is 1. The van der Waals surface area contributed by atoms with Crippen LogP contribution in [0.15, 0.2) is 0 Å². The fourth-order valence-electron chi connectivity index (χ4n) is 2.45. The summed E-state index contributed by atoms with van der Waals surface area (Å²) in [6, 6.07) is 0.469. The Hall–Kier alpha value is -0.180. The third-order valence-corrected chi connectivity index (χ3v) is 3.37. The van der Waals surface area contributed by atoms with Crippen LogP contribution < -0.4 is 0 Å². The first-order chi connectivity index (χ1) is 7.23. The van der Waals surface area contributed by atoms with Gasteiger partial charge in [-0.1, -0.05) is 27.7 Å². The van der Waals surface area contributed by atoms with Crippen molar-refractivity contribution in [2.75, 3.05) is 13.1 Å². The monoisotopic (exact) mass is 233 g/mol. The van der Waals surface area contributed by atoms with E-state index in [1.807, 2.05) is 0 Å². The minimum atomic E-state index is -2.42. The zero-order chi connectivity index (χ0) is 12.4. The van der Waals surface area contributed by atoms with E-state index in [9.17, 15) is 8.78 Å². The molecule has 1 fully saturated rings. The van der Waals surface area contributed by atoms with E-state index in [0.29, 0.717) is 19.1 Å². The molecule has 0 saturated carbocycles. The molecule has 0 aromatic rings. The highest BCUT2D eigenvalue weighted by molar-refractivity contribution is 4.83. The van der Waals surface area contributed by atoms with E-state index in [4.69, 9.17) is 0 Å². The molecule has 1 unspecified atom stereocenters. The van der Waals surface area contributed by atoms with E-state index in [1.165, 1.54) is 0 Å². The lowest BCUT2D eigenvalue weighted by Crippen LogP contribution is -2.45. The Bertz CT molecular complexity index is 210. The van der Waals surface area contributed by atoms with Gasteiger partial charge in [0.05, 0.1) is 0 Å². The van der Waals surface area contributed by atoms with Gasteiger partial charge in [0.25, 0.3) is 5.92 Å². The first kappa shape index (κ1) is 13.9. The standard InChI is InChI=1S/C13H25F2N/c1-5-11(10-12(2,3)4)16-8-6-13(14,15)7-9-16/h11H,5-10H2,1-4H3. The van der Waals surface area contributed by atoms with Crippen molar-refractivity contribution in [3.8, 4) is 0 Å². The predicted octanol–water partition coefficient (Wildman–Crippen LogP) is 3.93. The molecule has 1 aliphatic heterocycles. The van der Waals surface area contributed by atoms with Crippen LogP contribution in [0.5, 0.6) is 0 Å². The fraction of sp³-hybridized carbons (Fsp3) is 1.00. The second-order valence-corrected chi connectivity index (χ2v) is 6.22. The van der Waals surface area contributed by atoms with Gasteiger partial charge < -0.3 is 0 Å². The summed E-state index contributed by atoms with van der Waals surface area (Å²) >= 11 is 0. The van der Waals surface area contributed by atoms with Crippen LogP contribution in [-0.2, 0) is 0 Å². The molecule has 16 heavy (non-hydrogen) atoms. The van der Waals surface area contributed by atoms with Crippen LogP contribution in [0.25, 0.3) is 0 Å². The van der Waals surface area contributed by atoms with Crippen molar-refractivity contribution in [3.63, 3.8) is 0 Å². The summed E-state index contributed by atoms with van der Waals surface area (Å²) in [5.41, 5.74) is 0.278. The molecule has 0 aliphatic carbocycles. The minimum Gasteiger partial charge on any atom is -0.300 e. The minimum absolute atomic E-state index is 0.0354. The predicted molar refractivity (Wildman–Crippen MR) is 63.9 cm³/mol. The molecule has 1 nitrogen and oxygen atoms in total. The van der Waals surface area contributed by atoms with Crippen LogP contribution in [0.3, 0.4) is 0 Å². The Kier molecular flexibility index (Phi) is 4.33. The molecule has 0 aromatic carbocycles. The van der Waals surface area contributed by atoms with Crippen LogP contribution >= 0.6 is 0 Å². The van der Waals surface area contributed by atoms with E-state index in [-0.39, 0.29) is 18.3 Å². The smallest absolute Gasteiger partial charge is 0.250 e. The maximum atomic E-state index is 13.1. The highest BCUT2D eigenvalue weighted by Crippen LogP contribution is 2.32. The van der Waals surface area contributed by atoms with Gasteiger partial charge in [-0.3, -0.25) is 4.90 Å². The van der Waals surface area contributed by atoms with Crippen molar-refractivity contribution < 1.29 is 8.78 Å². The van der Waals surface area contributed by atoms with Crippen LogP contribution in [0.2, 0.25) is 0 Å². The third-order valence-electron chi connectivity index (χ3n) is 3.37. The van der Waals surface area contributed by atoms with Gasteiger partial charge in [-0.25, -0.2) is 8.78 Å². The topological polar surface area (TPSA) is 3.24 Å². The number of alkyl halides is 2. The Morgan fingerprint density at radius 2 is 1.69 bits per heavy atom. The van der Waals surface area contributed by atoms with Gasteiger partial charge >= 0.3 is 0 Å². The molecular weight excluding hydrogens is 208 g/mol. The lowest BCUT2D eigenvalue weighted by atomic mass is 9.86. The van der Waals surface area contributed by atoms with Gasteiger partial charge in [0.15, 0.2) is 0 Å². The maximum Gasteiger partial charge on any atom is 0.250 e. The number of rotatable bonds is 3. The second-order valence-electron chi connectivity index (χ2n) is 6.22. The van der Waals surface area contributed by atoms with E-state index in [2.05, 4.69) is 32.6 Å². The molecule has 1 heterocycles. The van der Waals surface area contributed by atoms with Crippen molar-refractivity contribution in [1.29, 1.82) is 0 Å². The van der Waals surface area contributed by atoms with E-state index in [0.717, 1.165) is 12.8 Å². The van der Waals surface area contributed by atoms with Crippen molar-refractivity contribution in [2.24, 2.45) is 5.41 Å². The Morgan fingerprint density at radius 1 is 1.19 bits per heavy atom. The quantitative estimate of drug-likeness (QED) is 0.714. The summed E-state index contributed by atoms with van der Waals surface area (Å²) in [6.45, 7) is 9.92. The summed E-state index contributed by atoms with van der Waals surface area (Å²) in [5.74, 6) is -2.42. The van der Waals surface area contributed by atoms with Crippen LogP contribution in [0, 0.1) is 5.41 Å². The van der Waals surface area contributed by atoms with Crippen molar-refractivity contribution in [3.05, 3.63) is 0 Å². The van der Waals surface area contributed by atoms with Crippen molar-refractivity contribution in [2.45, 2.75) is 65.3 Å². The first-order valence-corrected chi connectivity index (χ1v) is 6.35.